The highest BCUT2D eigenvalue weighted by Gasteiger charge is 2.25. The van der Waals surface area contributed by atoms with Gasteiger partial charge in [-0.2, -0.15) is 0 Å². The van der Waals surface area contributed by atoms with Gasteiger partial charge < -0.3 is 11.1 Å². The summed E-state index contributed by atoms with van der Waals surface area (Å²) in [4.78, 5) is 14.1. The summed E-state index contributed by atoms with van der Waals surface area (Å²) in [6.07, 6.45) is 2.14. The molecule has 3 N–H and O–H groups in total. The smallest absolute Gasteiger partial charge is 0.238 e. The normalized spacial score (nSPS) is 19.6. The second-order valence-electron chi connectivity index (χ2n) is 4.65. The van der Waals surface area contributed by atoms with Gasteiger partial charge in [0.05, 0.1) is 22.3 Å². The van der Waals surface area contributed by atoms with Crippen LogP contribution in [0, 0.1) is 0 Å². The molecule has 0 aliphatic carbocycles. The van der Waals surface area contributed by atoms with Crippen molar-refractivity contribution in [3.8, 4) is 0 Å². The van der Waals surface area contributed by atoms with E-state index in [9.17, 15) is 4.79 Å². The Morgan fingerprint density at radius 3 is 2.74 bits per heavy atom. The van der Waals surface area contributed by atoms with Crippen molar-refractivity contribution in [1.82, 2.24) is 4.90 Å². The van der Waals surface area contributed by atoms with Crippen molar-refractivity contribution >= 4 is 34.8 Å². The number of hydrogen-bond donors (Lipinski definition) is 2. The highest BCUT2D eigenvalue weighted by molar-refractivity contribution is 6.39. The van der Waals surface area contributed by atoms with Gasteiger partial charge in [0.15, 0.2) is 0 Å². The maximum Gasteiger partial charge on any atom is 0.238 e. The number of nitrogens with two attached hydrogens (primary N) is 1. The number of para-hydroxylation sites is 1. The average Bonchev–Trinajstić information content (AvgIpc) is 2.81. The van der Waals surface area contributed by atoms with Gasteiger partial charge in [0.25, 0.3) is 0 Å². The first-order valence-corrected chi connectivity index (χ1v) is 7.05. The fourth-order valence-corrected chi connectivity index (χ4v) is 2.84. The van der Waals surface area contributed by atoms with Gasteiger partial charge in [-0.15, -0.1) is 0 Å². The van der Waals surface area contributed by atoms with Crippen molar-refractivity contribution in [2.45, 2.75) is 18.9 Å². The Bertz CT molecular complexity index is 447. The number of carbonyl (C=O) groups excluding carboxylic acids is 1. The lowest BCUT2D eigenvalue weighted by atomic mass is 10.2. The van der Waals surface area contributed by atoms with E-state index in [2.05, 4.69) is 10.2 Å². The molecule has 0 radical (unpaired) electrons. The van der Waals surface area contributed by atoms with Crippen molar-refractivity contribution in [1.29, 1.82) is 0 Å². The van der Waals surface area contributed by atoms with E-state index in [0.717, 1.165) is 19.4 Å². The minimum Gasteiger partial charge on any atom is -0.329 e. The van der Waals surface area contributed by atoms with Crippen molar-refractivity contribution < 1.29 is 4.79 Å². The summed E-state index contributed by atoms with van der Waals surface area (Å²) in [7, 11) is 0. The van der Waals surface area contributed by atoms with Crippen LogP contribution in [0.3, 0.4) is 0 Å². The van der Waals surface area contributed by atoms with E-state index in [1.807, 2.05) is 0 Å². The molecule has 1 aliphatic heterocycles. The lowest BCUT2D eigenvalue weighted by Gasteiger charge is -2.22. The van der Waals surface area contributed by atoms with Crippen LogP contribution in [-0.2, 0) is 4.79 Å². The zero-order chi connectivity index (χ0) is 13.8. The molecule has 1 aromatic rings. The molecule has 0 bridgehead atoms. The van der Waals surface area contributed by atoms with E-state index in [1.54, 1.807) is 18.2 Å². The molecule has 19 heavy (non-hydrogen) atoms. The molecule has 1 aliphatic rings. The highest BCUT2D eigenvalue weighted by atomic mass is 35.5. The zero-order valence-corrected chi connectivity index (χ0v) is 12.0. The quantitative estimate of drug-likeness (QED) is 0.897. The van der Waals surface area contributed by atoms with Gasteiger partial charge in [0, 0.05) is 12.6 Å². The lowest BCUT2D eigenvalue weighted by molar-refractivity contribution is -0.117. The van der Waals surface area contributed by atoms with Crippen LogP contribution in [0.5, 0.6) is 0 Å². The fraction of sp³-hybridized carbons (Fsp3) is 0.462. The standard InChI is InChI=1S/C13H17Cl2N3O/c14-10-4-1-5-11(15)13(10)17-12(19)8-18-6-2-3-9(18)7-16/h1,4-5,9H,2-3,6-8,16H2,(H,17,19). The van der Waals surface area contributed by atoms with Gasteiger partial charge in [0.1, 0.15) is 0 Å². The van der Waals surface area contributed by atoms with Gasteiger partial charge in [-0.25, -0.2) is 0 Å². The van der Waals surface area contributed by atoms with Crippen LogP contribution in [0.4, 0.5) is 5.69 Å². The number of rotatable bonds is 4. The van der Waals surface area contributed by atoms with Gasteiger partial charge >= 0.3 is 0 Å². The number of hydrogen-bond acceptors (Lipinski definition) is 3. The number of amides is 1. The summed E-state index contributed by atoms with van der Waals surface area (Å²) in [5, 5.41) is 3.65. The van der Waals surface area contributed by atoms with Crippen molar-refractivity contribution in [2.24, 2.45) is 5.73 Å². The third-order valence-corrected chi connectivity index (χ3v) is 3.97. The molecule has 0 spiro atoms. The third-order valence-electron chi connectivity index (χ3n) is 3.35. The first-order valence-electron chi connectivity index (χ1n) is 6.30. The largest absolute Gasteiger partial charge is 0.329 e. The van der Waals surface area contributed by atoms with Gasteiger partial charge in [-0.1, -0.05) is 29.3 Å². The number of halogens is 2. The van der Waals surface area contributed by atoms with E-state index in [1.165, 1.54) is 0 Å². The SMILES string of the molecule is NCC1CCCN1CC(=O)Nc1c(Cl)cccc1Cl. The van der Waals surface area contributed by atoms with E-state index >= 15 is 0 Å². The highest BCUT2D eigenvalue weighted by Crippen LogP contribution is 2.29. The van der Waals surface area contributed by atoms with Gasteiger partial charge in [-0.3, -0.25) is 9.69 Å². The molecule has 4 nitrogen and oxygen atoms in total. The summed E-state index contributed by atoms with van der Waals surface area (Å²) in [5.74, 6) is -0.115. The molecule has 1 heterocycles. The maximum atomic E-state index is 12.0. The van der Waals surface area contributed by atoms with Gasteiger partial charge in [0.2, 0.25) is 5.91 Å². The lowest BCUT2D eigenvalue weighted by Crippen LogP contribution is -2.40. The number of nitrogens with zero attached hydrogens (tertiary/aromatic N) is 1. The second kappa shape index (κ2) is 6.57. The Kier molecular flexibility index (Phi) is 5.05. The summed E-state index contributed by atoms with van der Waals surface area (Å²) < 4.78 is 0. The maximum absolute atomic E-state index is 12.0. The molecule has 1 unspecified atom stereocenters. The van der Waals surface area contributed by atoms with Crippen molar-refractivity contribution in [2.75, 3.05) is 25.0 Å². The molecule has 0 saturated carbocycles. The van der Waals surface area contributed by atoms with Crippen LogP contribution in [0.1, 0.15) is 12.8 Å². The fourth-order valence-electron chi connectivity index (χ4n) is 2.35. The molecule has 1 atom stereocenters. The summed E-state index contributed by atoms with van der Waals surface area (Å²) >= 11 is 12.0. The van der Waals surface area contributed by atoms with E-state index < -0.39 is 0 Å². The number of benzene rings is 1. The van der Waals surface area contributed by atoms with Crippen molar-refractivity contribution in [3.05, 3.63) is 28.2 Å². The molecular weight excluding hydrogens is 285 g/mol. The monoisotopic (exact) mass is 301 g/mol. The number of nitrogens with one attached hydrogen (secondary N) is 1. The third kappa shape index (κ3) is 3.60. The molecule has 1 fully saturated rings. The predicted molar refractivity (Wildman–Crippen MR) is 78.7 cm³/mol. The Morgan fingerprint density at radius 2 is 2.11 bits per heavy atom. The van der Waals surface area contributed by atoms with Crippen LogP contribution in [0.25, 0.3) is 0 Å². The first-order chi connectivity index (χ1) is 9.11. The second-order valence-corrected chi connectivity index (χ2v) is 5.46. The molecule has 2 rings (SSSR count). The Hall–Kier alpha value is -0.810. The van der Waals surface area contributed by atoms with E-state index in [4.69, 9.17) is 28.9 Å². The summed E-state index contributed by atoms with van der Waals surface area (Å²) in [6, 6.07) is 5.43. The van der Waals surface area contributed by atoms with E-state index in [-0.39, 0.29) is 5.91 Å². The predicted octanol–water partition coefficient (Wildman–Crippen LogP) is 2.35. The Balaban J connectivity index is 1.98. The van der Waals surface area contributed by atoms with Crippen LogP contribution < -0.4 is 11.1 Å². The molecule has 104 valence electrons. The molecule has 1 aromatic carbocycles. The molecule has 6 heteroatoms. The number of anilines is 1. The molecule has 1 saturated heterocycles. The van der Waals surface area contributed by atoms with Gasteiger partial charge in [-0.05, 0) is 31.5 Å². The minimum atomic E-state index is -0.115. The Morgan fingerprint density at radius 1 is 1.42 bits per heavy atom. The molecule has 1 amide bonds. The zero-order valence-electron chi connectivity index (χ0n) is 10.5. The van der Waals surface area contributed by atoms with Crippen LogP contribution in [-0.4, -0.2) is 36.5 Å². The summed E-state index contributed by atoms with van der Waals surface area (Å²) in [6.45, 7) is 1.81. The van der Waals surface area contributed by atoms with Crippen LogP contribution >= 0.6 is 23.2 Å². The number of carbonyl (C=O) groups is 1. The first kappa shape index (κ1) is 14.6. The Labute approximate surface area is 122 Å². The minimum absolute atomic E-state index is 0.115. The molecular formula is C13H17Cl2N3O. The number of likely N-dealkylation sites (tertiary alicyclic amines) is 1. The van der Waals surface area contributed by atoms with Crippen molar-refractivity contribution in [3.63, 3.8) is 0 Å². The van der Waals surface area contributed by atoms with Crippen LogP contribution in [0.15, 0.2) is 18.2 Å². The van der Waals surface area contributed by atoms with Crippen LogP contribution in [0.2, 0.25) is 10.0 Å². The topological polar surface area (TPSA) is 58.4 Å². The summed E-state index contributed by atoms with van der Waals surface area (Å²) in [5.41, 5.74) is 6.16. The average molecular weight is 302 g/mol. The molecule has 0 aromatic heterocycles. The van der Waals surface area contributed by atoms with E-state index in [0.29, 0.717) is 34.9 Å².